The monoisotopic (exact) mass is 197 g/mol. The minimum absolute atomic E-state index is 0.211. The summed E-state index contributed by atoms with van der Waals surface area (Å²) in [6.45, 7) is 0. The van der Waals surface area contributed by atoms with Gasteiger partial charge < -0.3 is 0 Å². The van der Waals surface area contributed by atoms with Crippen LogP contribution in [0.1, 0.15) is 0 Å². The first kappa shape index (κ1) is 8.24. The molecule has 0 aromatic carbocycles. The maximum atomic E-state index is 11.5. The molecule has 2 aromatic rings. The Morgan fingerprint density at radius 1 is 1.62 bits per heavy atom. The Hall–Kier alpha value is -1.37. The van der Waals surface area contributed by atoms with Crippen LogP contribution in [0.3, 0.4) is 0 Å². The van der Waals surface area contributed by atoms with Crippen LogP contribution < -0.4 is 5.69 Å². The molecule has 0 atom stereocenters. The summed E-state index contributed by atoms with van der Waals surface area (Å²) in [4.78, 5) is 15.4. The number of nitrogens with zero attached hydrogens (tertiary/aromatic N) is 5. The average Bonchev–Trinajstić information content (AvgIpc) is 2.58. The van der Waals surface area contributed by atoms with Gasteiger partial charge in [-0.15, -0.1) is 16.9 Å². The van der Waals surface area contributed by atoms with Crippen LogP contribution in [0.15, 0.2) is 17.3 Å². The topological polar surface area (TPSA) is 65.1 Å². The highest BCUT2D eigenvalue weighted by atomic mass is 32.2. The number of hydrogen-bond donors (Lipinski definition) is 0. The summed E-state index contributed by atoms with van der Waals surface area (Å²) in [5.41, 5.74) is 0.263. The summed E-state index contributed by atoms with van der Waals surface area (Å²) in [6.07, 6.45) is 4.83. The number of hydrogen-bond acceptors (Lipinski definition) is 5. The first-order chi connectivity index (χ1) is 6.33. The van der Waals surface area contributed by atoms with Crippen LogP contribution in [0.2, 0.25) is 0 Å². The Labute approximate surface area is 77.6 Å². The van der Waals surface area contributed by atoms with E-state index in [2.05, 4.69) is 15.3 Å². The van der Waals surface area contributed by atoms with E-state index < -0.39 is 0 Å². The fourth-order valence-electron chi connectivity index (χ4n) is 0.975. The zero-order chi connectivity index (χ0) is 9.26. The Balaban J connectivity index is 2.67. The third kappa shape index (κ3) is 1.31. The lowest BCUT2D eigenvalue weighted by atomic mass is 10.8. The Bertz CT molecular complexity index is 475. The summed E-state index contributed by atoms with van der Waals surface area (Å²) < 4.78 is 2.66. The van der Waals surface area contributed by atoms with Crippen molar-refractivity contribution in [3.05, 3.63) is 23.0 Å². The average molecular weight is 197 g/mol. The maximum absolute atomic E-state index is 11.5. The van der Waals surface area contributed by atoms with E-state index in [1.54, 1.807) is 0 Å². The third-order valence-corrected chi connectivity index (χ3v) is 2.06. The largest absolute Gasteiger partial charge is 0.353 e. The van der Waals surface area contributed by atoms with Crippen molar-refractivity contribution in [3.63, 3.8) is 0 Å². The van der Waals surface area contributed by atoms with Crippen molar-refractivity contribution in [3.8, 4) is 0 Å². The molecular formula is C6H7N5OS. The molecule has 0 radical (unpaired) electrons. The second kappa shape index (κ2) is 3.17. The first-order valence-electron chi connectivity index (χ1n) is 3.57. The molecule has 7 heteroatoms. The maximum Gasteiger partial charge on any atom is 0.353 e. The van der Waals surface area contributed by atoms with Crippen LogP contribution in [0, 0.1) is 0 Å². The van der Waals surface area contributed by atoms with Gasteiger partial charge in [0.15, 0.2) is 5.65 Å². The minimum Gasteiger partial charge on any atom is -0.245 e. The molecule has 0 aliphatic rings. The lowest BCUT2D eigenvalue weighted by Gasteiger charge is -1.99. The van der Waals surface area contributed by atoms with E-state index in [0.717, 1.165) is 0 Å². The molecule has 0 amide bonds. The van der Waals surface area contributed by atoms with E-state index in [-0.39, 0.29) is 5.69 Å². The van der Waals surface area contributed by atoms with E-state index in [0.29, 0.717) is 11.5 Å². The van der Waals surface area contributed by atoms with Crippen molar-refractivity contribution in [2.45, 2.75) is 5.88 Å². The lowest BCUT2D eigenvalue weighted by Crippen LogP contribution is -2.28. The van der Waals surface area contributed by atoms with E-state index in [4.69, 9.17) is 0 Å². The number of rotatable bonds is 2. The van der Waals surface area contributed by atoms with Crippen LogP contribution in [-0.2, 0) is 5.88 Å². The Morgan fingerprint density at radius 3 is 3.23 bits per heavy atom. The second-order valence-electron chi connectivity index (χ2n) is 2.41. The fourth-order valence-corrected chi connectivity index (χ4v) is 1.38. The highest BCUT2D eigenvalue weighted by molar-refractivity contribution is 7.97. The summed E-state index contributed by atoms with van der Waals surface area (Å²) in [5.74, 6) is 0.500. The molecule has 0 saturated heterocycles. The zero-order valence-corrected chi connectivity index (χ0v) is 7.73. The van der Waals surface area contributed by atoms with E-state index in [1.165, 1.54) is 33.4 Å². The molecule has 0 N–H and O–H groups in total. The molecule has 13 heavy (non-hydrogen) atoms. The van der Waals surface area contributed by atoms with Crippen LogP contribution in [-0.4, -0.2) is 30.6 Å². The minimum atomic E-state index is -0.211. The molecule has 0 aliphatic heterocycles. The highest BCUT2D eigenvalue weighted by Crippen LogP contribution is 1.94. The normalized spacial score (nSPS) is 10.8. The van der Waals surface area contributed by atoms with E-state index in [9.17, 15) is 4.79 Å². The van der Waals surface area contributed by atoms with Gasteiger partial charge in [0.25, 0.3) is 0 Å². The van der Waals surface area contributed by atoms with Crippen molar-refractivity contribution in [2.75, 3.05) is 6.26 Å². The van der Waals surface area contributed by atoms with Gasteiger partial charge in [0.1, 0.15) is 6.33 Å². The molecule has 0 fully saturated rings. The van der Waals surface area contributed by atoms with Gasteiger partial charge in [-0.25, -0.2) is 14.2 Å². The fraction of sp³-hybridized carbons (Fsp3) is 0.333. The molecular weight excluding hydrogens is 190 g/mol. The molecule has 6 nitrogen and oxygen atoms in total. The van der Waals surface area contributed by atoms with Gasteiger partial charge >= 0.3 is 5.69 Å². The van der Waals surface area contributed by atoms with Crippen LogP contribution in [0.5, 0.6) is 0 Å². The van der Waals surface area contributed by atoms with Crippen molar-refractivity contribution >= 4 is 17.4 Å². The number of thioether (sulfide) groups is 1. The summed E-state index contributed by atoms with van der Waals surface area (Å²) in [7, 11) is 0. The summed E-state index contributed by atoms with van der Waals surface area (Å²) in [6, 6.07) is 0. The van der Waals surface area contributed by atoms with Crippen molar-refractivity contribution < 1.29 is 0 Å². The number of fused-ring (bicyclic) bond motifs is 1. The predicted molar refractivity (Wildman–Crippen MR) is 48.6 cm³/mol. The lowest BCUT2D eigenvalue weighted by molar-refractivity contribution is 0.598. The number of aromatic nitrogens is 5. The molecule has 68 valence electrons. The summed E-state index contributed by atoms with van der Waals surface area (Å²) in [5, 5.41) is 7.56. The van der Waals surface area contributed by atoms with Gasteiger partial charge in [0.2, 0.25) is 0 Å². The zero-order valence-electron chi connectivity index (χ0n) is 6.91. The Kier molecular flexibility index (Phi) is 2.01. The number of imidazole rings is 1. The molecule has 0 bridgehead atoms. The Morgan fingerprint density at radius 2 is 2.46 bits per heavy atom. The molecule has 0 saturated carbocycles. The van der Waals surface area contributed by atoms with E-state index >= 15 is 0 Å². The molecule has 0 unspecified atom stereocenters. The van der Waals surface area contributed by atoms with Gasteiger partial charge in [-0.05, 0) is 6.26 Å². The van der Waals surface area contributed by atoms with Crippen molar-refractivity contribution in [1.29, 1.82) is 0 Å². The van der Waals surface area contributed by atoms with Gasteiger partial charge in [-0.2, -0.15) is 4.68 Å². The quantitative estimate of drug-likeness (QED) is 0.655. The first-order valence-corrected chi connectivity index (χ1v) is 4.97. The molecule has 0 spiro atoms. The SMILES string of the molecule is CSCn1nnc2cncn2c1=O. The van der Waals surface area contributed by atoms with Gasteiger partial charge in [-0.3, -0.25) is 0 Å². The predicted octanol–water partition coefficient (Wildman–Crippen LogP) is -0.393. The smallest absolute Gasteiger partial charge is 0.245 e. The molecule has 2 aromatic heterocycles. The van der Waals surface area contributed by atoms with Crippen molar-refractivity contribution in [1.82, 2.24) is 24.4 Å². The molecule has 2 rings (SSSR count). The van der Waals surface area contributed by atoms with Gasteiger partial charge in [0.05, 0.1) is 12.1 Å². The highest BCUT2D eigenvalue weighted by Gasteiger charge is 2.02. The van der Waals surface area contributed by atoms with Gasteiger partial charge in [0, 0.05) is 0 Å². The van der Waals surface area contributed by atoms with Gasteiger partial charge in [-0.1, -0.05) is 5.21 Å². The summed E-state index contributed by atoms with van der Waals surface area (Å²) >= 11 is 1.51. The van der Waals surface area contributed by atoms with Crippen LogP contribution >= 0.6 is 11.8 Å². The second-order valence-corrected chi connectivity index (χ2v) is 3.25. The van der Waals surface area contributed by atoms with E-state index in [1.807, 2.05) is 6.26 Å². The van der Waals surface area contributed by atoms with Crippen LogP contribution in [0.4, 0.5) is 0 Å². The molecule has 0 aliphatic carbocycles. The van der Waals surface area contributed by atoms with Crippen LogP contribution in [0.25, 0.3) is 5.65 Å². The van der Waals surface area contributed by atoms with Crippen molar-refractivity contribution in [2.24, 2.45) is 0 Å². The standard InChI is InChI=1S/C6H7N5OS/c1-13-4-11-6(12)10-3-7-2-5(10)8-9-11/h2-3H,4H2,1H3. The third-order valence-electron chi connectivity index (χ3n) is 1.55. The molecule has 2 heterocycles.